The second-order valence-corrected chi connectivity index (χ2v) is 8.87. The number of ether oxygens (including phenoxy) is 2. The van der Waals surface area contributed by atoms with Crippen LogP contribution in [0.1, 0.15) is 20.8 Å². The number of carbonyl (C=O) groups is 2. The molecule has 1 rings (SSSR count). The fourth-order valence-electron chi connectivity index (χ4n) is 1.42. The number of nitrogens with one attached hydrogen (secondary N) is 1. The van der Waals surface area contributed by atoms with Crippen molar-refractivity contribution in [2.24, 2.45) is 0 Å². The number of hydrogen-bond donors (Lipinski definition) is 1. The van der Waals surface area contributed by atoms with Crippen molar-refractivity contribution >= 4 is 49.6 Å². The molecule has 0 fully saturated rings. The molecule has 128 valence electrons. The molecule has 0 aliphatic rings. The van der Waals surface area contributed by atoms with E-state index in [0.29, 0.717) is 5.75 Å². The minimum atomic E-state index is -0.761. The van der Waals surface area contributed by atoms with E-state index < -0.39 is 23.7 Å². The van der Waals surface area contributed by atoms with Crippen molar-refractivity contribution < 1.29 is 19.1 Å². The minimum Gasteiger partial charge on any atom is -0.467 e. The quantitative estimate of drug-likeness (QED) is 0.546. The zero-order valence-corrected chi connectivity index (χ0v) is 16.6. The first-order valence-electron chi connectivity index (χ1n) is 6.83. The smallest absolute Gasteiger partial charge is 0.408 e. The highest BCUT2D eigenvalue weighted by atomic mass is 79.9. The molecule has 0 heterocycles. The Hall–Kier alpha value is -0.860. The molecule has 0 aliphatic heterocycles. The van der Waals surface area contributed by atoms with Crippen LogP contribution in [0.2, 0.25) is 0 Å². The average molecular weight is 422 g/mol. The third-order valence-electron chi connectivity index (χ3n) is 2.38. The first kappa shape index (κ1) is 20.2. The van der Waals surface area contributed by atoms with Gasteiger partial charge < -0.3 is 14.8 Å². The maximum Gasteiger partial charge on any atom is 0.408 e. The van der Waals surface area contributed by atoms with E-state index in [-0.39, 0.29) is 0 Å². The largest absolute Gasteiger partial charge is 0.467 e. The molecule has 1 atom stereocenters. The predicted molar refractivity (Wildman–Crippen MR) is 97.6 cm³/mol. The van der Waals surface area contributed by atoms with E-state index in [1.807, 2.05) is 24.3 Å². The molecular weight excluding hydrogens is 402 g/mol. The molecule has 1 amide bonds. The summed E-state index contributed by atoms with van der Waals surface area (Å²) < 4.78 is 10.9. The Morgan fingerprint density at radius 2 is 1.87 bits per heavy atom. The lowest BCUT2D eigenvalue weighted by atomic mass is 10.2. The Labute approximate surface area is 152 Å². The first-order chi connectivity index (χ1) is 10.7. The van der Waals surface area contributed by atoms with Crippen LogP contribution in [0.5, 0.6) is 0 Å². The molecule has 0 saturated heterocycles. The Balaban J connectivity index is 2.52. The van der Waals surface area contributed by atoms with E-state index in [2.05, 4.69) is 21.2 Å². The van der Waals surface area contributed by atoms with E-state index in [0.717, 1.165) is 9.37 Å². The van der Waals surface area contributed by atoms with Crippen LogP contribution in [0, 0.1) is 0 Å². The number of halogens is 1. The van der Waals surface area contributed by atoms with Gasteiger partial charge in [-0.25, -0.2) is 9.59 Å². The molecule has 8 heteroatoms. The summed E-state index contributed by atoms with van der Waals surface area (Å²) in [5.74, 6) is -0.133. The number of carbonyl (C=O) groups excluding carboxylic acids is 2. The summed E-state index contributed by atoms with van der Waals surface area (Å²) in [5.41, 5.74) is -0.621. The van der Waals surface area contributed by atoms with E-state index in [1.165, 1.54) is 28.7 Å². The van der Waals surface area contributed by atoms with Crippen molar-refractivity contribution in [1.29, 1.82) is 0 Å². The number of esters is 1. The minimum absolute atomic E-state index is 0.368. The van der Waals surface area contributed by atoms with Gasteiger partial charge in [-0.1, -0.05) is 37.5 Å². The monoisotopic (exact) mass is 421 g/mol. The standard InChI is InChI=1S/C15H20BrNO4S2/c1-15(2,3)21-14(19)17-12(13(18)20-4)9-22-23-11-7-5-10(16)6-8-11/h5-8,12H,9H2,1-4H3,(H,17,19)/t12-/m0/s1. The van der Waals surface area contributed by atoms with Crippen LogP contribution in [0.25, 0.3) is 0 Å². The maximum absolute atomic E-state index is 11.8. The SMILES string of the molecule is COC(=O)[C@H](CSSc1ccc(Br)cc1)NC(=O)OC(C)(C)C. The Morgan fingerprint density at radius 1 is 1.26 bits per heavy atom. The second-order valence-electron chi connectivity index (χ2n) is 5.54. The average Bonchev–Trinajstić information content (AvgIpc) is 2.45. The lowest BCUT2D eigenvalue weighted by Crippen LogP contribution is -2.45. The predicted octanol–water partition coefficient (Wildman–Crippen LogP) is 4.26. The van der Waals surface area contributed by atoms with Crippen molar-refractivity contribution in [2.75, 3.05) is 12.9 Å². The lowest BCUT2D eigenvalue weighted by molar-refractivity contribution is -0.142. The molecule has 1 aromatic rings. The van der Waals surface area contributed by atoms with Crippen molar-refractivity contribution in [3.05, 3.63) is 28.7 Å². The first-order valence-corrected chi connectivity index (χ1v) is 9.95. The molecule has 0 bridgehead atoms. The van der Waals surface area contributed by atoms with Crippen LogP contribution in [0.4, 0.5) is 4.79 Å². The van der Waals surface area contributed by atoms with Gasteiger partial charge in [0.1, 0.15) is 11.6 Å². The van der Waals surface area contributed by atoms with Crippen LogP contribution >= 0.6 is 37.5 Å². The molecule has 23 heavy (non-hydrogen) atoms. The van der Waals surface area contributed by atoms with Gasteiger partial charge in [0.25, 0.3) is 0 Å². The van der Waals surface area contributed by atoms with Gasteiger partial charge in [0.15, 0.2) is 0 Å². The third-order valence-corrected chi connectivity index (χ3v) is 5.30. The van der Waals surface area contributed by atoms with Crippen LogP contribution in [0.15, 0.2) is 33.6 Å². The number of methoxy groups -OCH3 is 1. The molecular formula is C15H20BrNO4S2. The van der Waals surface area contributed by atoms with Crippen molar-refractivity contribution in [3.63, 3.8) is 0 Å². The van der Waals surface area contributed by atoms with Crippen molar-refractivity contribution in [3.8, 4) is 0 Å². The van der Waals surface area contributed by atoms with Gasteiger partial charge in [-0.2, -0.15) is 0 Å². The summed E-state index contributed by atoms with van der Waals surface area (Å²) in [6.07, 6.45) is -0.637. The molecule has 1 N–H and O–H groups in total. The van der Waals surface area contributed by atoms with Crippen LogP contribution in [-0.4, -0.2) is 36.6 Å². The fraction of sp³-hybridized carbons (Fsp3) is 0.467. The zero-order chi connectivity index (χ0) is 17.5. The van der Waals surface area contributed by atoms with Crippen LogP contribution in [-0.2, 0) is 14.3 Å². The zero-order valence-electron chi connectivity index (χ0n) is 13.4. The Morgan fingerprint density at radius 3 is 2.39 bits per heavy atom. The van der Waals surface area contributed by atoms with Crippen molar-refractivity contribution in [2.45, 2.75) is 37.3 Å². The summed E-state index contributed by atoms with van der Waals surface area (Å²) in [5, 5.41) is 2.54. The summed E-state index contributed by atoms with van der Waals surface area (Å²) >= 11 is 3.38. The molecule has 0 spiro atoms. The normalized spacial score (nSPS) is 12.4. The van der Waals surface area contributed by atoms with E-state index >= 15 is 0 Å². The number of amides is 1. The number of rotatable bonds is 6. The summed E-state index contributed by atoms with van der Waals surface area (Å²) in [6.45, 7) is 5.29. The number of alkyl carbamates (subject to hydrolysis) is 1. The second kappa shape index (κ2) is 9.44. The number of benzene rings is 1. The highest BCUT2D eigenvalue weighted by molar-refractivity contribution is 9.10. The van der Waals surface area contributed by atoms with E-state index in [1.54, 1.807) is 20.8 Å². The molecule has 0 radical (unpaired) electrons. The molecule has 1 aromatic carbocycles. The topological polar surface area (TPSA) is 64.6 Å². The molecule has 0 saturated carbocycles. The lowest BCUT2D eigenvalue weighted by Gasteiger charge is -2.22. The van der Waals surface area contributed by atoms with Gasteiger partial charge in [0.2, 0.25) is 0 Å². The molecule has 5 nitrogen and oxygen atoms in total. The van der Waals surface area contributed by atoms with E-state index in [4.69, 9.17) is 9.47 Å². The fourth-order valence-corrected chi connectivity index (χ4v) is 3.85. The Kier molecular flexibility index (Phi) is 8.28. The molecule has 0 aromatic heterocycles. The van der Waals surface area contributed by atoms with Gasteiger partial charge in [-0.3, -0.25) is 0 Å². The Bertz CT molecular complexity index is 531. The summed E-state index contributed by atoms with van der Waals surface area (Å²) in [6, 6.07) is 7.06. The third kappa shape index (κ3) is 8.53. The van der Waals surface area contributed by atoms with Gasteiger partial charge in [-0.05, 0) is 45.0 Å². The maximum atomic E-state index is 11.8. The van der Waals surface area contributed by atoms with Crippen LogP contribution in [0.3, 0.4) is 0 Å². The number of hydrogen-bond acceptors (Lipinski definition) is 6. The molecule has 0 aliphatic carbocycles. The van der Waals surface area contributed by atoms with Gasteiger partial charge in [0.05, 0.1) is 7.11 Å². The van der Waals surface area contributed by atoms with Crippen molar-refractivity contribution in [1.82, 2.24) is 5.32 Å². The summed E-state index contributed by atoms with van der Waals surface area (Å²) in [4.78, 5) is 24.6. The summed E-state index contributed by atoms with van der Waals surface area (Å²) in [7, 11) is 4.27. The van der Waals surface area contributed by atoms with E-state index in [9.17, 15) is 9.59 Å². The molecule has 0 unspecified atom stereocenters. The van der Waals surface area contributed by atoms with Gasteiger partial charge in [-0.15, -0.1) is 0 Å². The highest BCUT2D eigenvalue weighted by Crippen LogP contribution is 2.32. The van der Waals surface area contributed by atoms with Gasteiger partial charge in [0, 0.05) is 15.1 Å². The van der Waals surface area contributed by atoms with Crippen LogP contribution < -0.4 is 5.32 Å². The highest BCUT2D eigenvalue weighted by Gasteiger charge is 2.25. The van der Waals surface area contributed by atoms with Gasteiger partial charge >= 0.3 is 12.1 Å².